The second-order valence-corrected chi connectivity index (χ2v) is 4.58. The highest BCUT2D eigenvalue weighted by atomic mass is 16.3. The summed E-state index contributed by atoms with van der Waals surface area (Å²) in [6.07, 6.45) is 2.28. The van der Waals surface area contributed by atoms with Crippen LogP contribution in [0, 0.1) is 0 Å². The summed E-state index contributed by atoms with van der Waals surface area (Å²) in [5.74, 6) is -0.287. The third-order valence-electron chi connectivity index (χ3n) is 3.33. The number of hydrogen-bond acceptors (Lipinski definition) is 3. The molecule has 0 atom stereocenters. The number of hydrogen-bond donors (Lipinski definition) is 1. The second-order valence-electron chi connectivity index (χ2n) is 4.58. The monoisotopic (exact) mass is 270 g/mol. The van der Waals surface area contributed by atoms with Gasteiger partial charge in [-0.05, 0) is 30.2 Å². The zero-order chi connectivity index (χ0) is 13.9. The molecule has 3 rings (SSSR count). The molecule has 1 aliphatic rings. The van der Waals surface area contributed by atoms with E-state index in [0.29, 0.717) is 6.54 Å². The summed E-state index contributed by atoms with van der Waals surface area (Å²) in [4.78, 5) is 25.6. The second kappa shape index (κ2) is 5.21. The number of amides is 2. The van der Waals surface area contributed by atoms with Crippen LogP contribution in [-0.2, 0) is 11.2 Å². The molecule has 5 nitrogen and oxygen atoms in total. The largest absolute Gasteiger partial charge is 0.459 e. The topological polar surface area (TPSA) is 62.6 Å². The van der Waals surface area contributed by atoms with E-state index >= 15 is 0 Å². The van der Waals surface area contributed by atoms with Gasteiger partial charge >= 0.3 is 0 Å². The number of nitrogens with one attached hydrogen (secondary N) is 1. The van der Waals surface area contributed by atoms with Crippen molar-refractivity contribution in [2.75, 3.05) is 18.0 Å². The Morgan fingerprint density at radius 1 is 1.20 bits per heavy atom. The van der Waals surface area contributed by atoms with Gasteiger partial charge in [0.25, 0.3) is 5.91 Å². The van der Waals surface area contributed by atoms with E-state index < -0.39 is 0 Å². The molecule has 0 unspecified atom stereocenters. The number of benzene rings is 1. The smallest absolute Gasteiger partial charge is 0.287 e. The summed E-state index contributed by atoms with van der Waals surface area (Å²) in [5.41, 5.74) is 2.10. The number of anilines is 1. The Bertz CT molecular complexity index is 634. The number of furan rings is 1. The SMILES string of the molecule is O=C(NCC(=O)N1CCc2ccccc21)c1ccco1. The fourth-order valence-electron chi connectivity index (χ4n) is 2.34. The Kier molecular flexibility index (Phi) is 3.25. The first-order chi connectivity index (χ1) is 9.75. The van der Waals surface area contributed by atoms with Gasteiger partial charge in [-0.2, -0.15) is 0 Å². The summed E-state index contributed by atoms with van der Waals surface area (Å²) in [5, 5.41) is 2.57. The number of fused-ring (bicyclic) bond motifs is 1. The molecule has 1 aliphatic heterocycles. The minimum absolute atomic E-state index is 0.0339. The highest BCUT2D eigenvalue weighted by molar-refractivity contribution is 6.00. The summed E-state index contributed by atoms with van der Waals surface area (Å²) >= 11 is 0. The molecule has 5 heteroatoms. The van der Waals surface area contributed by atoms with Crippen molar-refractivity contribution >= 4 is 17.5 Å². The third kappa shape index (κ3) is 2.30. The van der Waals surface area contributed by atoms with Crippen LogP contribution >= 0.6 is 0 Å². The standard InChI is InChI=1S/C15H14N2O3/c18-14(10-16-15(19)13-6-3-9-20-13)17-8-7-11-4-1-2-5-12(11)17/h1-6,9H,7-8,10H2,(H,16,19). The molecule has 2 amide bonds. The molecule has 0 radical (unpaired) electrons. The van der Waals surface area contributed by atoms with Gasteiger partial charge in [0.2, 0.25) is 5.91 Å². The third-order valence-corrected chi connectivity index (χ3v) is 3.33. The van der Waals surface area contributed by atoms with Gasteiger partial charge in [0.15, 0.2) is 5.76 Å². The molecule has 102 valence electrons. The van der Waals surface area contributed by atoms with Crippen LogP contribution in [0.2, 0.25) is 0 Å². The van der Waals surface area contributed by atoms with Gasteiger partial charge in [-0.3, -0.25) is 9.59 Å². The van der Waals surface area contributed by atoms with Crippen molar-refractivity contribution in [1.82, 2.24) is 5.32 Å². The number of carbonyl (C=O) groups excluding carboxylic acids is 2. The fourth-order valence-corrected chi connectivity index (χ4v) is 2.34. The van der Waals surface area contributed by atoms with Crippen molar-refractivity contribution < 1.29 is 14.0 Å². The predicted octanol–water partition coefficient (Wildman–Crippen LogP) is 1.60. The van der Waals surface area contributed by atoms with Crippen LogP contribution in [0.5, 0.6) is 0 Å². The van der Waals surface area contributed by atoms with Crippen molar-refractivity contribution in [2.45, 2.75) is 6.42 Å². The molecule has 0 saturated heterocycles. The lowest BCUT2D eigenvalue weighted by Crippen LogP contribution is -2.39. The highest BCUT2D eigenvalue weighted by Gasteiger charge is 2.24. The quantitative estimate of drug-likeness (QED) is 0.921. The van der Waals surface area contributed by atoms with E-state index in [9.17, 15) is 9.59 Å². The average molecular weight is 270 g/mol. The summed E-state index contributed by atoms with van der Waals surface area (Å²) in [6, 6.07) is 11.0. The summed E-state index contributed by atoms with van der Waals surface area (Å²) in [7, 11) is 0. The van der Waals surface area contributed by atoms with Crippen molar-refractivity contribution in [1.29, 1.82) is 0 Å². The minimum atomic E-state index is -0.379. The Labute approximate surface area is 116 Å². The van der Waals surface area contributed by atoms with E-state index in [1.165, 1.54) is 11.8 Å². The van der Waals surface area contributed by atoms with Crippen LogP contribution in [0.3, 0.4) is 0 Å². The van der Waals surface area contributed by atoms with Crippen LogP contribution in [0.1, 0.15) is 16.1 Å². The highest BCUT2D eigenvalue weighted by Crippen LogP contribution is 2.27. The molecule has 0 spiro atoms. The molecule has 1 aromatic carbocycles. The zero-order valence-corrected chi connectivity index (χ0v) is 10.8. The lowest BCUT2D eigenvalue weighted by molar-refractivity contribution is -0.117. The Morgan fingerprint density at radius 3 is 2.85 bits per heavy atom. The van der Waals surface area contributed by atoms with Crippen LogP contribution in [0.4, 0.5) is 5.69 Å². The molecule has 0 aliphatic carbocycles. The first-order valence-electron chi connectivity index (χ1n) is 6.45. The first-order valence-corrected chi connectivity index (χ1v) is 6.45. The van der Waals surface area contributed by atoms with E-state index in [0.717, 1.165) is 12.1 Å². The Morgan fingerprint density at radius 2 is 2.05 bits per heavy atom. The van der Waals surface area contributed by atoms with Gasteiger partial charge in [0.1, 0.15) is 0 Å². The normalized spacial score (nSPS) is 13.1. The molecular formula is C15H14N2O3. The van der Waals surface area contributed by atoms with Crippen molar-refractivity contribution in [2.24, 2.45) is 0 Å². The molecular weight excluding hydrogens is 256 g/mol. The molecule has 2 aromatic rings. The van der Waals surface area contributed by atoms with Crippen LogP contribution < -0.4 is 10.2 Å². The number of para-hydroxylation sites is 1. The fraction of sp³-hybridized carbons (Fsp3) is 0.200. The Balaban J connectivity index is 1.62. The van der Waals surface area contributed by atoms with Gasteiger partial charge < -0.3 is 14.6 Å². The molecule has 2 heterocycles. The molecule has 0 fully saturated rings. The van der Waals surface area contributed by atoms with Gasteiger partial charge in [-0.15, -0.1) is 0 Å². The molecule has 1 N–H and O–H groups in total. The molecule has 20 heavy (non-hydrogen) atoms. The van der Waals surface area contributed by atoms with Crippen molar-refractivity contribution in [3.8, 4) is 0 Å². The number of nitrogens with zero attached hydrogens (tertiary/aromatic N) is 1. The van der Waals surface area contributed by atoms with E-state index in [1.54, 1.807) is 17.0 Å². The molecule has 0 bridgehead atoms. The predicted molar refractivity (Wildman–Crippen MR) is 73.5 cm³/mol. The molecule has 0 saturated carbocycles. The van der Waals surface area contributed by atoms with E-state index in [2.05, 4.69) is 5.32 Å². The number of rotatable bonds is 3. The molecule has 1 aromatic heterocycles. The van der Waals surface area contributed by atoms with Crippen molar-refractivity contribution in [3.05, 3.63) is 54.0 Å². The van der Waals surface area contributed by atoms with Crippen LogP contribution in [0.25, 0.3) is 0 Å². The lowest BCUT2D eigenvalue weighted by atomic mass is 10.2. The minimum Gasteiger partial charge on any atom is -0.459 e. The average Bonchev–Trinajstić information content (AvgIpc) is 3.13. The Hall–Kier alpha value is -2.56. The van der Waals surface area contributed by atoms with Gasteiger partial charge in [-0.1, -0.05) is 18.2 Å². The van der Waals surface area contributed by atoms with E-state index in [4.69, 9.17) is 4.42 Å². The van der Waals surface area contributed by atoms with Gasteiger partial charge in [-0.25, -0.2) is 0 Å². The van der Waals surface area contributed by atoms with Crippen LogP contribution in [-0.4, -0.2) is 24.9 Å². The van der Waals surface area contributed by atoms with Gasteiger partial charge in [0.05, 0.1) is 12.8 Å². The maximum absolute atomic E-state index is 12.2. The summed E-state index contributed by atoms with van der Waals surface area (Å²) < 4.78 is 4.97. The lowest BCUT2D eigenvalue weighted by Gasteiger charge is -2.17. The number of carbonyl (C=O) groups is 2. The van der Waals surface area contributed by atoms with Crippen LogP contribution in [0.15, 0.2) is 47.1 Å². The zero-order valence-electron chi connectivity index (χ0n) is 10.8. The maximum atomic E-state index is 12.2. The maximum Gasteiger partial charge on any atom is 0.287 e. The van der Waals surface area contributed by atoms with E-state index in [1.807, 2.05) is 24.3 Å². The van der Waals surface area contributed by atoms with Gasteiger partial charge in [0, 0.05) is 12.2 Å². The first kappa shape index (κ1) is 12.5. The summed E-state index contributed by atoms with van der Waals surface area (Å²) in [6.45, 7) is 0.628. The van der Waals surface area contributed by atoms with E-state index in [-0.39, 0.29) is 24.1 Å². The van der Waals surface area contributed by atoms with Crippen molar-refractivity contribution in [3.63, 3.8) is 0 Å².